The second-order valence-corrected chi connectivity index (χ2v) is 7.85. The number of aromatic amines is 1. The van der Waals surface area contributed by atoms with Crippen LogP contribution in [0.4, 0.5) is 5.82 Å². The molecule has 0 aliphatic carbocycles. The lowest BCUT2D eigenvalue weighted by Crippen LogP contribution is -2.26. The number of piperidine rings is 1. The van der Waals surface area contributed by atoms with Crippen molar-refractivity contribution in [2.75, 3.05) is 18.8 Å². The molecule has 1 fully saturated rings. The van der Waals surface area contributed by atoms with Gasteiger partial charge in [0, 0.05) is 16.6 Å². The van der Waals surface area contributed by atoms with Gasteiger partial charge in [-0.25, -0.2) is 4.98 Å². The van der Waals surface area contributed by atoms with Gasteiger partial charge in [0.2, 0.25) is 0 Å². The average molecular weight is 383 g/mol. The molecular weight excluding hydrogens is 358 g/mol. The van der Waals surface area contributed by atoms with Crippen LogP contribution in [0.15, 0.2) is 54.6 Å². The second-order valence-electron chi connectivity index (χ2n) is 7.85. The van der Waals surface area contributed by atoms with Crippen molar-refractivity contribution >= 4 is 16.6 Å². The Morgan fingerprint density at radius 3 is 2.52 bits per heavy atom. The molecule has 0 atom stereocenters. The number of nitrogens with zero attached hydrogens (tertiary/aromatic N) is 2. The normalized spacial score (nSPS) is 15.1. The molecule has 5 rings (SSSR count). The highest BCUT2D eigenvalue weighted by molar-refractivity contribution is 6.06. The Balaban J connectivity index is 1.67. The van der Waals surface area contributed by atoms with E-state index in [1.807, 2.05) is 19.1 Å². The maximum Gasteiger partial charge on any atom is 0.134 e. The zero-order chi connectivity index (χ0) is 19.8. The van der Waals surface area contributed by atoms with Crippen molar-refractivity contribution in [2.45, 2.75) is 25.7 Å². The molecule has 0 bridgehead atoms. The molecule has 2 aromatic carbocycles. The zero-order valence-electron chi connectivity index (χ0n) is 16.6. The Morgan fingerprint density at radius 1 is 0.966 bits per heavy atom. The molecule has 0 spiro atoms. The molecule has 4 N–H and O–H groups in total. The van der Waals surface area contributed by atoms with Crippen LogP contribution in [0, 0.1) is 6.92 Å². The Hall–Kier alpha value is -3.18. The van der Waals surface area contributed by atoms with E-state index in [9.17, 15) is 0 Å². The lowest BCUT2D eigenvalue weighted by molar-refractivity contribution is 0.460. The number of nitrogens with one attached hydrogen (secondary N) is 2. The van der Waals surface area contributed by atoms with Gasteiger partial charge in [0.25, 0.3) is 0 Å². The zero-order valence-corrected chi connectivity index (χ0v) is 16.6. The Bertz CT molecular complexity index is 1170. The molecule has 29 heavy (non-hydrogen) atoms. The molecule has 1 saturated heterocycles. The molecule has 5 nitrogen and oxygen atoms in total. The molecule has 1 aliphatic rings. The van der Waals surface area contributed by atoms with Gasteiger partial charge < -0.3 is 11.1 Å². The fourth-order valence-electron chi connectivity index (χ4n) is 4.41. The van der Waals surface area contributed by atoms with Crippen molar-refractivity contribution < 1.29 is 0 Å². The summed E-state index contributed by atoms with van der Waals surface area (Å²) in [6.45, 7) is 4.16. The molecule has 5 heteroatoms. The maximum atomic E-state index is 6.47. The number of rotatable bonds is 3. The molecular formula is C24H25N5. The monoisotopic (exact) mass is 383 g/mol. The van der Waals surface area contributed by atoms with E-state index in [1.165, 1.54) is 18.4 Å². The van der Waals surface area contributed by atoms with Gasteiger partial charge in [0.15, 0.2) is 0 Å². The van der Waals surface area contributed by atoms with Crippen LogP contribution in [0.3, 0.4) is 0 Å². The van der Waals surface area contributed by atoms with Crippen LogP contribution >= 0.6 is 0 Å². The first-order valence-electron chi connectivity index (χ1n) is 10.2. The van der Waals surface area contributed by atoms with E-state index in [0.717, 1.165) is 52.1 Å². The molecule has 0 unspecified atom stereocenters. The number of aryl methyl sites for hydroxylation is 1. The minimum absolute atomic E-state index is 0.512. The Morgan fingerprint density at radius 2 is 1.76 bits per heavy atom. The van der Waals surface area contributed by atoms with Gasteiger partial charge in [-0.15, -0.1) is 0 Å². The van der Waals surface area contributed by atoms with Crippen LogP contribution in [-0.2, 0) is 0 Å². The van der Waals surface area contributed by atoms with Gasteiger partial charge in [0.1, 0.15) is 5.82 Å². The Labute approximate surface area is 170 Å². The fourth-order valence-corrected chi connectivity index (χ4v) is 4.41. The van der Waals surface area contributed by atoms with E-state index < -0.39 is 0 Å². The number of fused-ring (bicyclic) bond motifs is 1. The summed E-state index contributed by atoms with van der Waals surface area (Å²) in [5.74, 6) is 1.11. The first kappa shape index (κ1) is 17.9. The minimum Gasteiger partial charge on any atom is -0.383 e. The summed E-state index contributed by atoms with van der Waals surface area (Å²) in [5.41, 5.74) is 12.6. The number of aromatic nitrogens is 3. The predicted molar refractivity (Wildman–Crippen MR) is 119 cm³/mol. The van der Waals surface area contributed by atoms with E-state index >= 15 is 0 Å². The van der Waals surface area contributed by atoms with Crippen molar-refractivity contribution in [3.8, 4) is 22.5 Å². The van der Waals surface area contributed by atoms with Crippen LogP contribution < -0.4 is 11.1 Å². The van der Waals surface area contributed by atoms with Gasteiger partial charge in [-0.3, -0.25) is 5.10 Å². The second kappa shape index (κ2) is 7.33. The number of pyridine rings is 1. The maximum absolute atomic E-state index is 6.47. The summed E-state index contributed by atoms with van der Waals surface area (Å²) in [6.07, 6.45) is 2.36. The smallest absolute Gasteiger partial charge is 0.134 e. The highest BCUT2D eigenvalue weighted by atomic mass is 15.1. The molecule has 3 heterocycles. The van der Waals surface area contributed by atoms with E-state index in [1.54, 1.807) is 0 Å². The highest BCUT2D eigenvalue weighted by Gasteiger charge is 2.19. The van der Waals surface area contributed by atoms with Crippen molar-refractivity contribution in [3.05, 3.63) is 65.9 Å². The highest BCUT2D eigenvalue weighted by Crippen LogP contribution is 2.38. The SMILES string of the molecule is Cc1cc(-c2c(N)nc(-c3cccc(C4CCNCC4)c3)c3ccccc23)n[nH]1. The van der Waals surface area contributed by atoms with Crippen molar-refractivity contribution in [1.82, 2.24) is 20.5 Å². The lowest BCUT2D eigenvalue weighted by Gasteiger charge is -2.23. The summed E-state index contributed by atoms with van der Waals surface area (Å²) < 4.78 is 0. The standard InChI is InChI=1S/C24H25N5/c1-15-13-21(29-28-15)22-19-7-2-3-8-20(19)23(27-24(22)25)18-6-4-5-17(14-18)16-9-11-26-12-10-16/h2-8,13-14,16,26H,9-12H2,1H3,(H2,25,27)(H,28,29). The molecule has 4 aromatic rings. The number of hydrogen-bond donors (Lipinski definition) is 3. The van der Waals surface area contributed by atoms with Gasteiger partial charge in [-0.1, -0.05) is 42.5 Å². The van der Waals surface area contributed by atoms with Crippen LogP contribution in [0.2, 0.25) is 0 Å². The third-order valence-electron chi connectivity index (χ3n) is 5.87. The van der Waals surface area contributed by atoms with Crippen molar-refractivity contribution in [1.29, 1.82) is 0 Å². The van der Waals surface area contributed by atoms with Gasteiger partial charge in [-0.05, 0) is 61.9 Å². The van der Waals surface area contributed by atoms with Gasteiger partial charge in [0.05, 0.1) is 17.0 Å². The molecule has 1 aliphatic heterocycles. The number of anilines is 1. The molecule has 0 amide bonds. The van der Waals surface area contributed by atoms with E-state index in [-0.39, 0.29) is 0 Å². The summed E-state index contributed by atoms with van der Waals surface area (Å²) in [4.78, 5) is 4.85. The number of nitrogens with two attached hydrogens (primary N) is 1. The molecule has 146 valence electrons. The summed E-state index contributed by atoms with van der Waals surface area (Å²) in [7, 11) is 0. The average Bonchev–Trinajstić information content (AvgIpc) is 3.19. The number of hydrogen-bond acceptors (Lipinski definition) is 4. The number of H-pyrrole nitrogens is 1. The third-order valence-corrected chi connectivity index (χ3v) is 5.87. The predicted octanol–water partition coefficient (Wildman–Crippen LogP) is 4.65. The third kappa shape index (κ3) is 3.28. The topological polar surface area (TPSA) is 79.6 Å². The van der Waals surface area contributed by atoms with Crippen molar-refractivity contribution in [3.63, 3.8) is 0 Å². The van der Waals surface area contributed by atoms with Crippen molar-refractivity contribution in [2.24, 2.45) is 0 Å². The number of benzene rings is 2. The van der Waals surface area contributed by atoms with E-state index in [0.29, 0.717) is 11.7 Å². The number of nitrogen functional groups attached to an aromatic ring is 1. The minimum atomic E-state index is 0.512. The summed E-state index contributed by atoms with van der Waals surface area (Å²) in [6, 6.07) is 19.2. The van der Waals surface area contributed by atoms with Crippen LogP contribution in [0.1, 0.15) is 30.0 Å². The lowest BCUT2D eigenvalue weighted by atomic mass is 9.88. The molecule has 2 aromatic heterocycles. The van der Waals surface area contributed by atoms with E-state index in [4.69, 9.17) is 10.7 Å². The largest absolute Gasteiger partial charge is 0.383 e. The quantitative estimate of drug-likeness (QED) is 0.481. The first-order chi connectivity index (χ1) is 14.2. The summed E-state index contributed by atoms with van der Waals surface area (Å²) in [5, 5.41) is 13.1. The van der Waals surface area contributed by atoms with Gasteiger partial charge >= 0.3 is 0 Å². The van der Waals surface area contributed by atoms with Crippen LogP contribution in [0.5, 0.6) is 0 Å². The molecule has 0 radical (unpaired) electrons. The summed E-state index contributed by atoms with van der Waals surface area (Å²) >= 11 is 0. The van der Waals surface area contributed by atoms with Gasteiger partial charge in [-0.2, -0.15) is 5.10 Å². The Kier molecular flexibility index (Phi) is 4.52. The fraction of sp³-hybridized carbons (Fsp3) is 0.250. The van der Waals surface area contributed by atoms with E-state index in [2.05, 4.69) is 58.0 Å². The van der Waals surface area contributed by atoms with Crippen LogP contribution in [-0.4, -0.2) is 28.3 Å². The molecule has 0 saturated carbocycles. The van der Waals surface area contributed by atoms with Crippen LogP contribution in [0.25, 0.3) is 33.3 Å². The first-order valence-corrected chi connectivity index (χ1v) is 10.2.